The van der Waals surface area contributed by atoms with Crippen molar-refractivity contribution in [1.82, 2.24) is 15.1 Å². The number of fused-ring (bicyclic) bond motifs is 1. The predicted molar refractivity (Wildman–Crippen MR) is 108 cm³/mol. The van der Waals surface area contributed by atoms with E-state index in [1.807, 2.05) is 9.80 Å². The average molecular weight is 500 g/mol. The number of hydrogen-bond acceptors (Lipinski definition) is 3. The summed E-state index contributed by atoms with van der Waals surface area (Å²) in [6, 6.07) is 0.227. The maximum Gasteiger partial charge on any atom is 0.245 e. The fourth-order valence-corrected chi connectivity index (χ4v) is 6.10. The molecular weight excluding hydrogens is 476 g/mol. The summed E-state index contributed by atoms with van der Waals surface area (Å²) in [5, 5.41) is 3.35. The number of alkyl halides is 3. The molecule has 2 saturated heterocycles. The minimum atomic E-state index is -0.0418. The first kappa shape index (κ1) is 19.7. The Bertz CT molecular complexity index is 536. The quantitative estimate of drug-likeness (QED) is 0.365. The number of likely N-dealkylation sites (tertiary alicyclic amines) is 2. The summed E-state index contributed by atoms with van der Waals surface area (Å²) in [6.45, 7) is 6.84. The van der Waals surface area contributed by atoms with Gasteiger partial charge in [-0.25, -0.2) is 0 Å². The second kappa shape index (κ2) is 8.31. The summed E-state index contributed by atoms with van der Waals surface area (Å²) in [7, 11) is 0. The van der Waals surface area contributed by atoms with Gasteiger partial charge >= 0.3 is 0 Å². The molecule has 0 aromatic carbocycles. The lowest BCUT2D eigenvalue weighted by Crippen LogP contribution is -2.49. The van der Waals surface area contributed by atoms with Crippen LogP contribution in [0.2, 0.25) is 0 Å². The van der Waals surface area contributed by atoms with Crippen molar-refractivity contribution in [1.29, 1.82) is 0 Å². The maximum absolute atomic E-state index is 12.5. The van der Waals surface area contributed by atoms with E-state index in [2.05, 4.69) is 34.5 Å². The van der Waals surface area contributed by atoms with Crippen molar-refractivity contribution >= 4 is 57.6 Å². The zero-order valence-corrected chi connectivity index (χ0v) is 17.7. The molecule has 5 nitrogen and oxygen atoms in total. The molecule has 0 spiro atoms. The van der Waals surface area contributed by atoms with E-state index in [1.54, 1.807) is 0 Å². The molecule has 0 aromatic heterocycles. The van der Waals surface area contributed by atoms with Crippen molar-refractivity contribution in [2.75, 3.05) is 32.7 Å². The molecular formula is C17H24Cl2IN3O2. The number of nitrogens with zero attached hydrogens (tertiary/aromatic N) is 2. The summed E-state index contributed by atoms with van der Waals surface area (Å²) in [6.07, 6.45) is 3.03. The molecule has 2 aliphatic heterocycles. The normalized spacial score (nSPS) is 37.9. The van der Waals surface area contributed by atoms with E-state index in [1.165, 1.54) is 6.08 Å². The van der Waals surface area contributed by atoms with Gasteiger partial charge in [0.15, 0.2) is 0 Å². The minimum absolute atomic E-state index is 0.00689. The van der Waals surface area contributed by atoms with Crippen LogP contribution in [0, 0.1) is 11.8 Å². The third-order valence-corrected chi connectivity index (χ3v) is 8.07. The van der Waals surface area contributed by atoms with Crippen LogP contribution in [0.3, 0.4) is 0 Å². The van der Waals surface area contributed by atoms with Gasteiger partial charge in [-0.05, 0) is 18.9 Å². The van der Waals surface area contributed by atoms with Crippen LogP contribution in [-0.4, -0.2) is 75.1 Å². The Hall–Kier alpha value is -0.0500. The Labute approximate surface area is 172 Å². The van der Waals surface area contributed by atoms with Crippen molar-refractivity contribution < 1.29 is 9.59 Å². The van der Waals surface area contributed by atoms with Crippen molar-refractivity contribution in [3.63, 3.8) is 0 Å². The van der Waals surface area contributed by atoms with Gasteiger partial charge in [0.25, 0.3) is 0 Å². The van der Waals surface area contributed by atoms with Crippen LogP contribution in [-0.2, 0) is 9.59 Å². The summed E-state index contributed by atoms with van der Waals surface area (Å²) in [5.74, 6) is 0.916. The number of hydrogen-bond donors (Lipinski definition) is 1. The van der Waals surface area contributed by atoms with Gasteiger partial charge in [0.1, 0.15) is 0 Å². The van der Waals surface area contributed by atoms with E-state index in [0.717, 1.165) is 39.0 Å². The van der Waals surface area contributed by atoms with E-state index < -0.39 is 0 Å². The molecule has 25 heavy (non-hydrogen) atoms. The smallest absolute Gasteiger partial charge is 0.245 e. The van der Waals surface area contributed by atoms with Crippen LogP contribution >= 0.6 is 45.8 Å². The molecule has 0 aromatic rings. The van der Waals surface area contributed by atoms with Gasteiger partial charge in [0, 0.05) is 48.0 Å². The SMILES string of the molecule is C=CC(=O)N1CC2CN(C(=O)CNC3CC(Cl)C(Cl)CC3I)CC2C1. The average Bonchev–Trinajstić information content (AvgIpc) is 3.14. The van der Waals surface area contributed by atoms with Crippen LogP contribution < -0.4 is 5.32 Å². The van der Waals surface area contributed by atoms with Gasteiger partial charge in [-0.3, -0.25) is 9.59 Å². The molecule has 2 heterocycles. The van der Waals surface area contributed by atoms with Gasteiger partial charge in [0.05, 0.1) is 17.3 Å². The summed E-state index contributed by atoms with van der Waals surface area (Å²) in [5.41, 5.74) is 0. The van der Waals surface area contributed by atoms with Crippen LogP contribution in [0.4, 0.5) is 0 Å². The first-order chi connectivity index (χ1) is 11.9. The van der Waals surface area contributed by atoms with Gasteiger partial charge < -0.3 is 15.1 Å². The number of halogens is 3. The molecule has 1 N–H and O–H groups in total. The molecule has 0 bridgehead atoms. The van der Waals surface area contributed by atoms with Gasteiger partial charge in [0.2, 0.25) is 11.8 Å². The number of amides is 2. The molecule has 140 valence electrons. The fourth-order valence-electron chi connectivity index (χ4n) is 4.11. The Kier molecular flexibility index (Phi) is 6.55. The molecule has 6 unspecified atom stereocenters. The lowest BCUT2D eigenvalue weighted by atomic mass is 9.94. The Morgan fingerprint density at radius 2 is 1.64 bits per heavy atom. The second-order valence-corrected chi connectivity index (χ2v) is 9.99. The lowest BCUT2D eigenvalue weighted by Gasteiger charge is -2.34. The van der Waals surface area contributed by atoms with Crippen LogP contribution in [0.5, 0.6) is 0 Å². The van der Waals surface area contributed by atoms with Crippen molar-refractivity contribution in [2.24, 2.45) is 11.8 Å². The van der Waals surface area contributed by atoms with Crippen molar-refractivity contribution in [3.8, 4) is 0 Å². The predicted octanol–water partition coefficient (Wildman–Crippen LogP) is 1.86. The highest BCUT2D eigenvalue weighted by atomic mass is 127. The minimum Gasteiger partial charge on any atom is -0.341 e. The Balaban J connectivity index is 1.45. The summed E-state index contributed by atoms with van der Waals surface area (Å²) >= 11 is 14.9. The topological polar surface area (TPSA) is 52.7 Å². The third-order valence-electron chi connectivity index (χ3n) is 5.60. The standard InChI is InChI=1S/C17H24Cl2IN3O2/c1-2-16(24)22-6-10-8-23(9-11(10)7-22)17(25)5-21-15-4-13(19)12(18)3-14(15)20/h2,10-15,21H,1,3-9H2. The first-order valence-electron chi connectivity index (χ1n) is 8.73. The Morgan fingerprint density at radius 3 is 2.24 bits per heavy atom. The number of nitrogens with one attached hydrogen (secondary N) is 1. The first-order valence-corrected chi connectivity index (χ1v) is 10.9. The monoisotopic (exact) mass is 499 g/mol. The fraction of sp³-hybridized carbons (Fsp3) is 0.765. The third kappa shape index (κ3) is 4.45. The van der Waals surface area contributed by atoms with Gasteiger partial charge in [-0.2, -0.15) is 0 Å². The van der Waals surface area contributed by atoms with E-state index >= 15 is 0 Å². The largest absolute Gasteiger partial charge is 0.341 e. The highest BCUT2D eigenvalue weighted by molar-refractivity contribution is 14.1. The number of carbonyl (C=O) groups excluding carboxylic acids is 2. The molecule has 3 rings (SSSR count). The Morgan fingerprint density at radius 1 is 1.08 bits per heavy atom. The molecule has 1 saturated carbocycles. The molecule has 1 aliphatic carbocycles. The summed E-state index contributed by atoms with van der Waals surface area (Å²) in [4.78, 5) is 28.0. The van der Waals surface area contributed by atoms with E-state index in [9.17, 15) is 9.59 Å². The van der Waals surface area contributed by atoms with Crippen LogP contribution in [0.1, 0.15) is 12.8 Å². The van der Waals surface area contributed by atoms with Crippen LogP contribution in [0.25, 0.3) is 0 Å². The maximum atomic E-state index is 12.5. The lowest BCUT2D eigenvalue weighted by molar-refractivity contribution is -0.129. The van der Waals surface area contributed by atoms with Crippen molar-refractivity contribution in [2.45, 2.75) is 33.6 Å². The van der Waals surface area contributed by atoms with Gasteiger partial charge in [-0.1, -0.05) is 29.2 Å². The highest BCUT2D eigenvalue weighted by Crippen LogP contribution is 2.33. The molecule has 8 heteroatoms. The molecule has 3 fully saturated rings. The zero-order valence-electron chi connectivity index (χ0n) is 14.0. The van der Waals surface area contributed by atoms with Crippen molar-refractivity contribution in [3.05, 3.63) is 12.7 Å². The van der Waals surface area contributed by atoms with E-state index in [-0.39, 0.29) is 28.6 Å². The highest BCUT2D eigenvalue weighted by Gasteiger charge is 2.42. The molecule has 2 amide bonds. The molecule has 6 atom stereocenters. The van der Waals surface area contributed by atoms with E-state index in [0.29, 0.717) is 22.3 Å². The zero-order chi connectivity index (χ0) is 18.1. The van der Waals surface area contributed by atoms with Crippen LogP contribution in [0.15, 0.2) is 12.7 Å². The molecule has 3 aliphatic rings. The van der Waals surface area contributed by atoms with E-state index in [4.69, 9.17) is 23.2 Å². The summed E-state index contributed by atoms with van der Waals surface area (Å²) < 4.78 is 0.388. The van der Waals surface area contributed by atoms with Gasteiger partial charge in [-0.15, -0.1) is 23.2 Å². The molecule has 0 radical (unpaired) electrons. The number of carbonyl (C=O) groups is 2. The second-order valence-electron chi connectivity index (χ2n) is 7.27. The number of rotatable bonds is 4.